The van der Waals surface area contributed by atoms with Gasteiger partial charge in [0.2, 0.25) is 0 Å². The molecule has 1 aromatic carbocycles. The maximum Gasteiger partial charge on any atom is 0.115 e. The van der Waals surface area contributed by atoms with Gasteiger partial charge in [-0.2, -0.15) is 0 Å². The largest absolute Gasteiger partial charge is 0.508 e. The van der Waals surface area contributed by atoms with Crippen LogP contribution in [0, 0.1) is 5.92 Å². The van der Waals surface area contributed by atoms with Gasteiger partial charge in [0.25, 0.3) is 0 Å². The highest BCUT2D eigenvalue weighted by Crippen LogP contribution is 2.56. The van der Waals surface area contributed by atoms with Crippen LogP contribution in [0.4, 0.5) is 0 Å². The molecule has 0 aromatic heterocycles. The summed E-state index contributed by atoms with van der Waals surface area (Å²) in [7, 11) is 0. The Morgan fingerprint density at radius 1 is 1.08 bits per heavy atom. The van der Waals surface area contributed by atoms with E-state index in [0.29, 0.717) is 11.7 Å². The van der Waals surface area contributed by atoms with E-state index >= 15 is 0 Å². The van der Waals surface area contributed by atoms with Crippen molar-refractivity contribution in [1.82, 2.24) is 0 Å². The summed E-state index contributed by atoms with van der Waals surface area (Å²) < 4.78 is 0. The average molecular weight is 331 g/mol. The van der Waals surface area contributed by atoms with E-state index in [1.54, 1.807) is 0 Å². The standard InChI is InChI=1S/C22H34O2/c1-3-5-6-12-22-14-13-21(24,11-4-2)16-18(22)8-7-17-15-19(23)9-10-20(17)22/h9-10,15,18,23-24H,3-8,11-14,16H2,1-2H3/t18-,21-,22-/m1/s1. The van der Waals surface area contributed by atoms with Gasteiger partial charge in [0.1, 0.15) is 5.75 Å². The molecule has 2 nitrogen and oxygen atoms in total. The minimum atomic E-state index is -0.442. The van der Waals surface area contributed by atoms with E-state index in [1.807, 2.05) is 12.1 Å². The molecule has 2 aliphatic rings. The number of phenolic OH excluding ortho intramolecular Hbond substituents is 1. The van der Waals surface area contributed by atoms with Crippen LogP contribution in [0.25, 0.3) is 0 Å². The van der Waals surface area contributed by atoms with Crippen molar-refractivity contribution in [3.8, 4) is 5.75 Å². The summed E-state index contributed by atoms with van der Waals surface area (Å²) in [5.74, 6) is 0.992. The van der Waals surface area contributed by atoms with Crippen molar-refractivity contribution in [2.24, 2.45) is 5.92 Å². The van der Waals surface area contributed by atoms with E-state index in [1.165, 1.54) is 36.8 Å². The molecule has 0 bridgehead atoms. The van der Waals surface area contributed by atoms with Gasteiger partial charge in [-0.15, -0.1) is 0 Å². The summed E-state index contributed by atoms with van der Waals surface area (Å²) in [4.78, 5) is 0. The van der Waals surface area contributed by atoms with Crippen LogP contribution < -0.4 is 0 Å². The molecule has 0 spiro atoms. The summed E-state index contributed by atoms with van der Waals surface area (Å²) in [6.07, 6.45) is 12.3. The Hall–Kier alpha value is -1.02. The summed E-state index contributed by atoms with van der Waals surface area (Å²) in [6.45, 7) is 4.45. The van der Waals surface area contributed by atoms with E-state index in [9.17, 15) is 10.2 Å². The van der Waals surface area contributed by atoms with Crippen LogP contribution in [-0.2, 0) is 11.8 Å². The highest BCUT2D eigenvalue weighted by molar-refractivity contribution is 5.43. The lowest BCUT2D eigenvalue weighted by atomic mass is 9.52. The molecule has 0 saturated heterocycles. The van der Waals surface area contributed by atoms with Gasteiger partial charge in [-0.1, -0.05) is 45.6 Å². The Morgan fingerprint density at radius 3 is 2.67 bits per heavy atom. The van der Waals surface area contributed by atoms with Crippen molar-refractivity contribution < 1.29 is 10.2 Å². The lowest BCUT2D eigenvalue weighted by molar-refractivity contribution is -0.0588. The maximum absolute atomic E-state index is 11.0. The molecule has 0 aliphatic heterocycles. The van der Waals surface area contributed by atoms with Gasteiger partial charge in [-0.05, 0) is 79.5 Å². The number of phenols is 1. The first-order valence-corrected chi connectivity index (χ1v) is 10.1. The number of aliphatic hydroxyl groups is 1. The Balaban J connectivity index is 1.93. The Labute approximate surface area is 147 Å². The highest BCUT2D eigenvalue weighted by Gasteiger charge is 2.50. The van der Waals surface area contributed by atoms with Gasteiger partial charge in [0, 0.05) is 0 Å². The predicted molar refractivity (Wildman–Crippen MR) is 99.4 cm³/mol. The summed E-state index contributed by atoms with van der Waals surface area (Å²) in [5.41, 5.74) is 2.62. The SMILES string of the molecule is CCCCC[C@@]12CC[C@](O)(CCC)C[C@H]1CCc1cc(O)ccc12. The molecule has 24 heavy (non-hydrogen) atoms. The number of aryl methyl sites for hydroxylation is 1. The molecule has 1 aromatic rings. The number of fused-ring (bicyclic) bond motifs is 3. The zero-order valence-corrected chi connectivity index (χ0v) is 15.5. The quantitative estimate of drug-likeness (QED) is 0.677. The second-order valence-corrected chi connectivity index (χ2v) is 8.37. The van der Waals surface area contributed by atoms with Crippen molar-refractivity contribution in [1.29, 1.82) is 0 Å². The molecule has 1 saturated carbocycles. The van der Waals surface area contributed by atoms with Gasteiger partial charge >= 0.3 is 0 Å². The van der Waals surface area contributed by atoms with E-state index in [2.05, 4.69) is 19.9 Å². The fourth-order valence-corrected chi connectivity index (χ4v) is 5.60. The topological polar surface area (TPSA) is 40.5 Å². The molecule has 3 rings (SSSR count). The van der Waals surface area contributed by atoms with Crippen LogP contribution in [0.2, 0.25) is 0 Å². The second kappa shape index (κ2) is 7.07. The van der Waals surface area contributed by atoms with E-state index in [0.717, 1.165) is 44.9 Å². The van der Waals surface area contributed by atoms with E-state index in [-0.39, 0.29) is 5.41 Å². The number of benzene rings is 1. The summed E-state index contributed by atoms with van der Waals surface area (Å²) in [6, 6.07) is 6.04. The molecule has 134 valence electrons. The Morgan fingerprint density at radius 2 is 1.92 bits per heavy atom. The van der Waals surface area contributed by atoms with Gasteiger partial charge in [-0.3, -0.25) is 0 Å². The average Bonchev–Trinajstić information content (AvgIpc) is 2.55. The maximum atomic E-state index is 11.0. The van der Waals surface area contributed by atoms with Crippen molar-refractivity contribution in [3.63, 3.8) is 0 Å². The fraction of sp³-hybridized carbons (Fsp3) is 0.727. The number of hydrogen-bond acceptors (Lipinski definition) is 2. The number of hydrogen-bond donors (Lipinski definition) is 2. The smallest absolute Gasteiger partial charge is 0.115 e. The van der Waals surface area contributed by atoms with Crippen molar-refractivity contribution in [2.45, 2.75) is 95.5 Å². The fourth-order valence-electron chi connectivity index (χ4n) is 5.60. The lowest BCUT2D eigenvalue weighted by Gasteiger charge is -2.53. The van der Waals surface area contributed by atoms with Gasteiger partial charge in [0.05, 0.1) is 5.60 Å². The second-order valence-electron chi connectivity index (χ2n) is 8.37. The Kier molecular flexibility index (Phi) is 5.24. The van der Waals surface area contributed by atoms with Gasteiger partial charge in [0.15, 0.2) is 0 Å². The van der Waals surface area contributed by atoms with Crippen molar-refractivity contribution >= 4 is 0 Å². The number of unbranched alkanes of at least 4 members (excludes halogenated alkanes) is 2. The molecule has 0 amide bonds. The predicted octanol–water partition coefficient (Wildman–Crippen LogP) is 5.49. The zero-order valence-electron chi connectivity index (χ0n) is 15.5. The summed E-state index contributed by atoms with van der Waals surface area (Å²) in [5, 5.41) is 20.9. The van der Waals surface area contributed by atoms with Crippen molar-refractivity contribution in [3.05, 3.63) is 29.3 Å². The van der Waals surface area contributed by atoms with Crippen LogP contribution >= 0.6 is 0 Å². The first-order chi connectivity index (χ1) is 11.5. The zero-order chi connectivity index (χ0) is 17.2. The van der Waals surface area contributed by atoms with Crippen LogP contribution in [-0.4, -0.2) is 15.8 Å². The third-order valence-corrected chi connectivity index (χ3v) is 6.77. The van der Waals surface area contributed by atoms with E-state index < -0.39 is 5.60 Å². The van der Waals surface area contributed by atoms with Gasteiger partial charge < -0.3 is 10.2 Å². The molecule has 0 unspecified atom stereocenters. The molecule has 3 atom stereocenters. The third kappa shape index (κ3) is 3.22. The highest BCUT2D eigenvalue weighted by atomic mass is 16.3. The number of aromatic hydroxyl groups is 1. The van der Waals surface area contributed by atoms with E-state index in [4.69, 9.17) is 0 Å². The molecule has 2 heteroatoms. The molecule has 0 radical (unpaired) electrons. The first-order valence-electron chi connectivity index (χ1n) is 10.1. The van der Waals surface area contributed by atoms with Crippen molar-refractivity contribution in [2.75, 3.05) is 0 Å². The third-order valence-electron chi connectivity index (χ3n) is 6.77. The molecular weight excluding hydrogens is 296 g/mol. The monoisotopic (exact) mass is 330 g/mol. The summed E-state index contributed by atoms with van der Waals surface area (Å²) >= 11 is 0. The van der Waals surface area contributed by atoms with Crippen LogP contribution in [0.5, 0.6) is 5.75 Å². The number of rotatable bonds is 6. The Bertz CT molecular complexity index is 567. The van der Waals surface area contributed by atoms with Crippen LogP contribution in [0.15, 0.2) is 18.2 Å². The molecule has 2 N–H and O–H groups in total. The normalized spacial score (nSPS) is 32.2. The molecular formula is C22H34O2. The van der Waals surface area contributed by atoms with Crippen LogP contribution in [0.3, 0.4) is 0 Å². The molecule has 2 aliphatic carbocycles. The molecule has 1 fully saturated rings. The first kappa shape index (κ1) is 17.8. The molecule has 0 heterocycles. The minimum Gasteiger partial charge on any atom is -0.508 e. The van der Waals surface area contributed by atoms with Crippen LogP contribution in [0.1, 0.15) is 89.2 Å². The lowest BCUT2D eigenvalue weighted by Crippen LogP contribution is -2.50. The van der Waals surface area contributed by atoms with Gasteiger partial charge in [-0.25, -0.2) is 0 Å². The minimum absolute atomic E-state index is 0.233.